The molecule has 2 amide bonds. The fourth-order valence-electron chi connectivity index (χ4n) is 2.13. The van der Waals surface area contributed by atoms with Crippen LogP contribution in [0.15, 0.2) is 0 Å². The van der Waals surface area contributed by atoms with Crippen LogP contribution in [0.25, 0.3) is 0 Å². The van der Waals surface area contributed by atoms with Crippen LogP contribution in [0.4, 0.5) is 0 Å². The van der Waals surface area contributed by atoms with Gasteiger partial charge in [0, 0.05) is 19.6 Å². The molecule has 1 fully saturated rings. The Balaban J connectivity index is 2.58. The summed E-state index contributed by atoms with van der Waals surface area (Å²) in [7, 11) is 1.57. The second-order valence-corrected chi connectivity index (χ2v) is 4.23. The molecular formula is C11H21N3O2. The van der Waals surface area contributed by atoms with E-state index in [1.54, 1.807) is 11.9 Å². The lowest BCUT2D eigenvalue weighted by atomic mass is 10.0. The average molecular weight is 227 g/mol. The van der Waals surface area contributed by atoms with Crippen molar-refractivity contribution in [1.82, 2.24) is 10.2 Å². The van der Waals surface area contributed by atoms with Gasteiger partial charge in [0.25, 0.3) is 0 Å². The summed E-state index contributed by atoms with van der Waals surface area (Å²) in [5.74, 6) is -0.206. The van der Waals surface area contributed by atoms with Gasteiger partial charge in [-0.2, -0.15) is 0 Å². The molecule has 0 aromatic carbocycles. The van der Waals surface area contributed by atoms with Gasteiger partial charge in [0.15, 0.2) is 0 Å². The van der Waals surface area contributed by atoms with Crippen LogP contribution in [0, 0.1) is 5.92 Å². The van der Waals surface area contributed by atoms with E-state index in [4.69, 9.17) is 5.73 Å². The van der Waals surface area contributed by atoms with E-state index < -0.39 is 0 Å². The van der Waals surface area contributed by atoms with Crippen LogP contribution in [0.1, 0.15) is 26.2 Å². The first-order valence-corrected chi connectivity index (χ1v) is 5.85. The van der Waals surface area contributed by atoms with Crippen molar-refractivity contribution in [3.63, 3.8) is 0 Å². The van der Waals surface area contributed by atoms with E-state index in [1.807, 2.05) is 6.92 Å². The van der Waals surface area contributed by atoms with E-state index >= 15 is 0 Å². The van der Waals surface area contributed by atoms with Crippen molar-refractivity contribution >= 4 is 11.8 Å². The Morgan fingerprint density at radius 3 is 2.56 bits per heavy atom. The van der Waals surface area contributed by atoms with Crippen LogP contribution in [0.5, 0.6) is 0 Å². The number of hydrogen-bond acceptors (Lipinski definition) is 3. The van der Waals surface area contributed by atoms with Crippen molar-refractivity contribution < 1.29 is 9.59 Å². The molecule has 0 heterocycles. The van der Waals surface area contributed by atoms with Gasteiger partial charge in [0.05, 0.1) is 12.5 Å². The maximum Gasteiger partial charge on any atom is 0.239 e. The molecule has 0 aliphatic heterocycles. The molecule has 1 aliphatic rings. The number of carbonyl (C=O) groups is 2. The van der Waals surface area contributed by atoms with Crippen LogP contribution < -0.4 is 11.1 Å². The summed E-state index contributed by atoms with van der Waals surface area (Å²) in [6, 6.07) is -0.0359. The largest absolute Gasteiger partial charge is 0.358 e. The highest BCUT2D eigenvalue weighted by Crippen LogP contribution is 2.25. The molecule has 0 spiro atoms. The molecule has 2 atom stereocenters. The third-order valence-electron chi connectivity index (χ3n) is 3.19. The number of nitrogens with zero attached hydrogens (tertiary/aromatic N) is 1. The topological polar surface area (TPSA) is 75.4 Å². The summed E-state index contributed by atoms with van der Waals surface area (Å²) in [6.07, 6.45) is 2.77. The molecule has 5 nitrogen and oxygen atoms in total. The Morgan fingerprint density at radius 2 is 2.12 bits per heavy atom. The van der Waals surface area contributed by atoms with Gasteiger partial charge in [-0.3, -0.25) is 9.59 Å². The summed E-state index contributed by atoms with van der Waals surface area (Å²) in [6.45, 7) is 2.56. The average Bonchev–Trinajstić information content (AvgIpc) is 2.71. The van der Waals surface area contributed by atoms with Crippen molar-refractivity contribution in [3.05, 3.63) is 0 Å². The zero-order chi connectivity index (χ0) is 12.1. The monoisotopic (exact) mass is 227 g/mol. The van der Waals surface area contributed by atoms with Crippen LogP contribution in [-0.4, -0.2) is 42.9 Å². The molecule has 0 bridgehead atoms. The van der Waals surface area contributed by atoms with E-state index in [9.17, 15) is 9.59 Å². The molecule has 0 aromatic heterocycles. The Labute approximate surface area is 96.4 Å². The second kappa shape index (κ2) is 5.84. The molecular weight excluding hydrogens is 206 g/mol. The first-order valence-electron chi connectivity index (χ1n) is 5.85. The van der Waals surface area contributed by atoms with Crippen LogP contribution in [-0.2, 0) is 9.59 Å². The summed E-state index contributed by atoms with van der Waals surface area (Å²) >= 11 is 0. The second-order valence-electron chi connectivity index (χ2n) is 4.23. The Kier molecular flexibility index (Phi) is 4.73. The lowest BCUT2D eigenvalue weighted by Crippen LogP contribution is -2.45. The van der Waals surface area contributed by atoms with E-state index in [-0.39, 0.29) is 30.3 Å². The molecule has 5 heteroatoms. The minimum Gasteiger partial charge on any atom is -0.358 e. The molecule has 3 N–H and O–H groups in total. The smallest absolute Gasteiger partial charge is 0.239 e. The first-order chi connectivity index (χ1) is 7.60. The number of nitrogens with two attached hydrogens (primary N) is 1. The predicted molar refractivity (Wildman–Crippen MR) is 61.6 cm³/mol. The first kappa shape index (κ1) is 13.0. The molecule has 1 aliphatic carbocycles. The zero-order valence-corrected chi connectivity index (χ0v) is 10.0. The van der Waals surface area contributed by atoms with Gasteiger partial charge >= 0.3 is 0 Å². The van der Waals surface area contributed by atoms with Gasteiger partial charge in [0.2, 0.25) is 11.8 Å². The highest BCUT2D eigenvalue weighted by Gasteiger charge is 2.33. The third-order valence-corrected chi connectivity index (χ3v) is 3.19. The van der Waals surface area contributed by atoms with Gasteiger partial charge in [0.1, 0.15) is 0 Å². The fraction of sp³-hybridized carbons (Fsp3) is 0.818. The van der Waals surface area contributed by atoms with Crippen LogP contribution >= 0.6 is 0 Å². The standard InChI is InChI=1S/C11H21N3O2/c1-3-14(7-10(15)13-2)11(16)8-5-4-6-9(8)12/h8-9H,3-7,12H2,1-2H3,(H,13,15). The third kappa shape index (κ3) is 2.95. The maximum atomic E-state index is 12.1. The molecule has 0 radical (unpaired) electrons. The SMILES string of the molecule is CCN(CC(=O)NC)C(=O)C1CCCC1N. The van der Waals surface area contributed by atoms with Gasteiger partial charge in [-0.1, -0.05) is 6.42 Å². The summed E-state index contributed by atoms with van der Waals surface area (Å²) < 4.78 is 0. The van der Waals surface area contributed by atoms with E-state index in [0.717, 1.165) is 19.3 Å². The summed E-state index contributed by atoms with van der Waals surface area (Å²) in [4.78, 5) is 24.9. The van der Waals surface area contributed by atoms with Crippen molar-refractivity contribution in [2.75, 3.05) is 20.1 Å². The van der Waals surface area contributed by atoms with Crippen molar-refractivity contribution in [2.24, 2.45) is 11.7 Å². The maximum absolute atomic E-state index is 12.1. The fourth-order valence-corrected chi connectivity index (χ4v) is 2.13. The number of hydrogen-bond donors (Lipinski definition) is 2. The lowest BCUT2D eigenvalue weighted by molar-refractivity contribution is -0.139. The number of rotatable bonds is 4. The molecule has 0 aromatic rings. The lowest BCUT2D eigenvalue weighted by Gasteiger charge is -2.25. The number of amides is 2. The van der Waals surface area contributed by atoms with Crippen molar-refractivity contribution in [3.8, 4) is 0 Å². The summed E-state index contributed by atoms with van der Waals surface area (Å²) in [5.41, 5.74) is 5.89. The minimum atomic E-state index is -0.137. The van der Waals surface area contributed by atoms with Gasteiger partial charge in [-0.05, 0) is 19.8 Å². The Bertz CT molecular complexity index is 268. The number of likely N-dealkylation sites (N-methyl/N-ethyl adjacent to an activating group) is 2. The number of nitrogens with one attached hydrogen (secondary N) is 1. The Morgan fingerprint density at radius 1 is 1.44 bits per heavy atom. The minimum absolute atomic E-state index is 0.0242. The highest BCUT2D eigenvalue weighted by atomic mass is 16.2. The van der Waals surface area contributed by atoms with Crippen LogP contribution in [0.2, 0.25) is 0 Å². The molecule has 16 heavy (non-hydrogen) atoms. The van der Waals surface area contributed by atoms with Crippen LogP contribution in [0.3, 0.4) is 0 Å². The molecule has 1 saturated carbocycles. The predicted octanol–water partition coefficient (Wildman–Crippen LogP) is -0.292. The molecule has 92 valence electrons. The van der Waals surface area contributed by atoms with Gasteiger partial charge in [-0.15, -0.1) is 0 Å². The van der Waals surface area contributed by atoms with E-state index in [0.29, 0.717) is 6.54 Å². The molecule has 0 saturated heterocycles. The highest BCUT2D eigenvalue weighted by molar-refractivity contribution is 5.86. The molecule has 1 rings (SSSR count). The molecule has 2 unspecified atom stereocenters. The van der Waals surface area contributed by atoms with Crippen molar-refractivity contribution in [1.29, 1.82) is 0 Å². The van der Waals surface area contributed by atoms with Gasteiger partial charge in [-0.25, -0.2) is 0 Å². The number of carbonyl (C=O) groups excluding carboxylic acids is 2. The summed E-state index contributed by atoms with van der Waals surface area (Å²) in [5, 5.41) is 2.52. The zero-order valence-electron chi connectivity index (χ0n) is 10.0. The van der Waals surface area contributed by atoms with E-state index in [1.165, 1.54) is 0 Å². The van der Waals surface area contributed by atoms with E-state index in [2.05, 4.69) is 5.32 Å². The Hall–Kier alpha value is -1.10. The van der Waals surface area contributed by atoms with Crippen molar-refractivity contribution in [2.45, 2.75) is 32.2 Å². The normalized spacial score (nSPS) is 24.2. The van der Waals surface area contributed by atoms with Gasteiger partial charge < -0.3 is 16.0 Å². The quantitative estimate of drug-likeness (QED) is 0.693.